The van der Waals surface area contributed by atoms with Gasteiger partial charge in [0.1, 0.15) is 0 Å². The summed E-state index contributed by atoms with van der Waals surface area (Å²) in [6.07, 6.45) is 0.147. The molecule has 0 aliphatic carbocycles. The number of nitrogens with one attached hydrogen (secondary N) is 1. The van der Waals surface area contributed by atoms with E-state index in [4.69, 9.17) is 10.5 Å². The Morgan fingerprint density at radius 1 is 1.50 bits per heavy atom. The van der Waals surface area contributed by atoms with Gasteiger partial charge < -0.3 is 15.8 Å². The maximum Gasteiger partial charge on any atom is 0.0702 e. The van der Waals surface area contributed by atoms with Gasteiger partial charge in [-0.05, 0) is 6.54 Å². The zero-order valence-electron chi connectivity index (χ0n) is 7.75. The average molecular weight is 173 g/mol. The van der Waals surface area contributed by atoms with E-state index in [0.717, 1.165) is 39.4 Å². The van der Waals surface area contributed by atoms with Crippen molar-refractivity contribution in [3.05, 3.63) is 0 Å². The lowest BCUT2D eigenvalue weighted by molar-refractivity contribution is 0.0180. The summed E-state index contributed by atoms with van der Waals surface area (Å²) in [6, 6.07) is 0. The van der Waals surface area contributed by atoms with Crippen LogP contribution in [-0.4, -0.2) is 50.5 Å². The summed E-state index contributed by atoms with van der Waals surface area (Å²) in [7, 11) is 0. The molecule has 1 aliphatic rings. The van der Waals surface area contributed by atoms with Crippen LogP contribution in [0.3, 0.4) is 0 Å². The van der Waals surface area contributed by atoms with Gasteiger partial charge in [0.2, 0.25) is 0 Å². The van der Waals surface area contributed by atoms with E-state index >= 15 is 0 Å². The number of rotatable bonds is 4. The molecule has 0 saturated carbocycles. The third-order valence-electron chi connectivity index (χ3n) is 2.12. The van der Waals surface area contributed by atoms with E-state index in [-0.39, 0.29) is 6.17 Å². The Hall–Kier alpha value is -0.160. The van der Waals surface area contributed by atoms with Crippen molar-refractivity contribution in [2.45, 2.75) is 13.1 Å². The van der Waals surface area contributed by atoms with Crippen molar-refractivity contribution >= 4 is 0 Å². The van der Waals surface area contributed by atoms with Crippen LogP contribution in [0.15, 0.2) is 0 Å². The van der Waals surface area contributed by atoms with Crippen LogP contribution in [0.1, 0.15) is 6.92 Å². The number of hydrogen-bond acceptors (Lipinski definition) is 4. The van der Waals surface area contributed by atoms with Crippen molar-refractivity contribution in [3.8, 4) is 0 Å². The molecule has 1 atom stereocenters. The van der Waals surface area contributed by atoms with Gasteiger partial charge in [0.25, 0.3) is 0 Å². The molecule has 1 saturated heterocycles. The van der Waals surface area contributed by atoms with Crippen molar-refractivity contribution in [1.82, 2.24) is 10.2 Å². The molecule has 0 radical (unpaired) electrons. The van der Waals surface area contributed by atoms with Crippen LogP contribution in [-0.2, 0) is 4.74 Å². The quantitative estimate of drug-likeness (QED) is 0.585. The van der Waals surface area contributed by atoms with Crippen molar-refractivity contribution in [2.24, 2.45) is 5.73 Å². The molecule has 1 aliphatic heterocycles. The fourth-order valence-corrected chi connectivity index (χ4v) is 1.33. The number of hydrogen-bond donors (Lipinski definition) is 2. The van der Waals surface area contributed by atoms with E-state index in [1.54, 1.807) is 0 Å². The molecule has 4 nitrogen and oxygen atoms in total. The lowest BCUT2D eigenvalue weighted by Crippen LogP contribution is -2.52. The molecule has 0 aromatic carbocycles. The van der Waals surface area contributed by atoms with Crippen LogP contribution in [0, 0.1) is 0 Å². The Balaban J connectivity index is 2.15. The van der Waals surface area contributed by atoms with Crippen molar-refractivity contribution in [1.29, 1.82) is 0 Å². The zero-order chi connectivity index (χ0) is 8.81. The molecule has 12 heavy (non-hydrogen) atoms. The Morgan fingerprint density at radius 2 is 2.17 bits per heavy atom. The smallest absolute Gasteiger partial charge is 0.0702 e. The van der Waals surface area contributed by atoms with Crippen LogP contribution in [0.2, 0.25) is 0 Å². The highest BCUT2D eigenvalue weighted by molar-refractivity contribution is 4.70. The molecule has 1 heterocycles. The van der Waals surface area contributed by atoms with Gasteiger partial charge in [0, 0.05) is 19.6 Å². The lowest BCUT2D eigenvalue weighted by Gasteiger charge is -2.31. The van der Waals surface area contributed by atoms with E-state index in [0.29, 0.717) is 0 Å². The van der Waals surface area contributed by atoms with Gasteiger partial charge in [-0.25, -0.2) is 0 Å². The lowest BCUT2D eigenvalue weighted by atomic mass is 10.3. The summed E-state index contributed by atoms with van der Waals surface area (Å²) >= 11 is 0. The summed E-state index contributed by atoms with van der Waals surface area (Å²) in [5.74, 6) is 0. The summed E-state index contributed by atoms with van der Waals surface area (Å²) in [5.41, 5.74) is 5.94. The van der Waals surface area contributed by atoms with Gasteiger partial charge in [-0.3, -0.25) is 4.90 Å². The molecule has 72 valence electrons. The number of morpholine rings is 1. The van der Waals surface area contributed by atoms with E-state index in [9.17, 15) is 0 Å². The normalized spacial score (nSPS) is 22.5. The second kappa shape index (κ2) is 5.48. The molecule has 0 aromatic rings. The summed E-state index contributed by atoms with van der Waals surface area (Å²) in [5, 5.41) is 3.24. The predicted octanol–water partition coefficient (Wildman–Crippen LogP) is -0.787. The van der Waals surface area contributed by atoms with Gasteiger partial charge in [-0.15, -0.1) is 0 Å². The fourth-order valence-electron chi connectivity index (χ4n) is 1.33. The first kappa shape index (κ1) is 9.92. The highest BCUT2D eigenvalue weighted by Crippen LogP contribution is 1.98. The molecule has 1 fully saturated rings. The first-order chi connectivity index (χ1) is 5.84. The Labute approximate surface area is 74.1 Å². The first-order valence-electron chi connectivity index (χ1n) is 4.62. The fraction of sp³-hybridized carbons (Fsp3) is 1.00. The second-order valence-electron chi connectivity index (χ2n) is 3.02. The van der Waals surface area contributed by atoms with Gasteiger partial charge in [-0.2, -0.15) is 0 Å². The van der Waals surface area contributed by atoms with Crippen molar-refractivity contribution < 1.29 is 4.74 Å². The van der Waals surface area contributed by atoms with Crippen LogP contribution in [0.25, 0.3) is 0 Å². The minimum absolute atomic E-state index is 0.147. The molecule has 0 spiro atoms. The zero-order valence-corrected chi connectivity index (χ0v) is 7.75. The van der Waals surface area contributed by atoms with E-state index in [2.05, 4.69) is 17.1 Å². The highest BCUT2D eigenvalue weighted by Gasteiger charge is 2.16. The topological polar surface area (TPSA) is 50.5 Å². The van der Waals surface area contributed by atoms with E-state index in [1.165, 1.54) is 0 Å². The maximum atomic E-state index is 5.94. The molecular formula is C8H19N3O. The Bertz CT molecular complexity index is 115. The molecular weight excluding hydrogens is 154 g/mol. The van der Waals surface area contributed by atoms with Gasteiger partial charge >= 0.3 is 0 Å². The first-order valence-corrected chi connectivity index (χ1v) is 4.62. The number of nitrogens with two attached hydrogens (primary N) is 1. The van der Waals surface area contributed by atoms with Gasteiger partial charge in [0.05, 0.1) is 19.4 Å². The van der Waals surface area contributed by atoms with Gasteiger partial charge in [-0.1, -0.05) is 6.92 Å². The third-order valence-corrected chi connectivity index (χ3v) is 2.12. The number of nitrogens with zero attached hydrogens (tertiary/aromatic N) is 1. The molecule has 4 heteroatoms. The number of ether oxygens (including phenoxy) is 1. The summed E-state index contributed by atoms with van der Waals surface area (Å²) in [6.45, 7) is 7.51. The predicted molar refractivity (Wildman–Crippen MR) is 48.9 cm³/mol. The second-order valence-corrected chi connectivity index (χ2v) is 3.02. The van der Waals surface area contributed by atoms with Crippen LogP contribution < -0.4 is 11.1 Å². The molecule has 0 bridgehead atoms. The van der Waals surface area contributed by atoms with E-state index < -0.39 is 0 Å². The van der Waals surface area contributed by atoms with Gasteiger partial charge in [0.15, 0.2) is 0 Å². The summed E-state index contributed by atoms with van der Waals surface area (Å²) in [4.78, 5) is 2.26. The number of likely N-dealkylation sites (N-methyl/N-ethyl adjacent to an activating group) is 1. The molecule has 0 aromatic heterocycles. The van der Waals surface area contributed by atoms with E-state index in [1.807, 2.05) is 0 Å². The van der Waals surface area contributed by atoms with Crippen molar-refractivity contribution in [3.63, 3.8) is 0 Å². The van der Waals surface area contributed by atoms with Crippen LogP contribution in [0.4, 0.5) is 0 Å². The third kappa shape index (κ3) is 3.06. The summed E-state index contributed by atoms with van der Waals surface area (Å²) < 4.78 is 5.24. The molecule has 3 N–H and O–H groups in total. The molecule has 0 amide bonds. The monoisotopic (exact) mass is 173 g/mol. The van der Waals surface area contributed by atoms with Crippen LogP contribution >= 0.6 is 0 Å². The Kier molecular flexibility index (Phi) is 4.53. The SMILES string of the molecule is CCNCC(N)N1CCOCC1. The highest BCUT2D eigenvalue weighted by atomic mass is 16.5. The minimum atomic E-state index is 0.147. The maximum absolute atomic E-state index is 5.94. The standard InChI is InChI=1S/C8H19N3O/c1-2-10-7-8(9)11-3-5-12-6-4-11/h8,10H,2-7,9H2,1H3. The van der Waals surface area contributed by atoms with Crippen molar-refractivity contribution in [2.75, 3.05) is 39.4 Å². The Morgan fingerprint density at radius 3 is 2.75 bits per heavy atom. The molecule has 1 unspecified atom stereocenters. The minimum Gasteiger partial charge on any atom is -0.379 e. The van der Waals surface area contributed by atoms with Crippen LogP contribution in [0.5, 0.6) is 0 Å². The molecule has 1 rings (SSSR count). The average Bonchev–Trinajstić information content (AvgIpc) is 2.15. The largest absolute Gasteiger partial charge is 0.379 e.